The second kappa shape index (κ2) is 66.6. The molecule has 78 heavy (non-hydrogen) atoms. The third-order valence-corrected chi connectivity index (χ3v) is 15.3. The quantitative estimate of drug-likeness (QED) is 0.0261. The SMILES string of the molecule is CC/C=C\C/C=C\C/C=C\C/C=C\C/C=C\CCCC(=O)OCC(COC(=O)CCCCCCCCCCCCCCCCCCCCCCCCC)OC(=O)CCCCCCCCCCCCCCCCCCCCCC. The van der Waals surface area contributed by atoms with Gasteiger partial charge < -0.3 is 14.2 Å². The van der Waals surface area contributed by atoms with Crippen molar-refractivity contribution in [2.24, 2.45) is 0 Å². The molecule has 0 rings (SSSR count). The Hall–Kier alpha value is -2.89. The van der Waals surface area contributed by atoms with Gasteiger partial charge in [0.05, 0.1) is 0 Å². The fourth-order valence-corrected chi connectivity index (χ4v) is 10.2. The fourth-order valence-electron chi connectivity index (χ4n) is 10.2. The molecule has 0 bridgehead atoms. The standard InChI is InChI=1S/C72H130O6/c1-4-7-10-13-16-19-22-25-28-31-33-35-36-37-39-41-44-47-50-53-56-59-62-65-71(74)77-68-69(67-76-70(73)64-61-58-55-52-49-46-43-40-30-27-24-21-18-15-12-9-6-3)78-72(75)66-63-60-57-54-51-48-45-42-38-34-32-29-26-23-20-17-14-11-8-5-2/h9,12,18,21,27,30,43,46,52,55,69H,4-8,10-11,13-17,19-20,22-26,28-29,31-42,44-45,47-51,53-54,56-68H2,1-3H3/b12-9-,21-18-,30-27-,46-43-,55-52-. The second-order valence-corrected chi connectivity index (χ2v) is 23.1. The van der Waals surface area contributed by atoms with Crippen LogP contribution in [0.25, 0.3) is 0 Å². The highest BCUT2D eigenvalue weighted by Crippen LogP contribution is 2.18. The average molecular weight is 1090 g/mol. The summed E-state index contributed by atoms with van der Waals surface area (Å²) in [5, 5.41) is 0. The van der Waals surface area contributed by atoms with Gasteiger partial charge in [-0.3, -0.25) is 14.4 Å². The minimum absolute atomic E-state index is 0.0868. The predicted octanol–water partition coefficient (Wildman–Crippen LogP) is 23.5. The van der Waals surface area contributed by atoms with Crippen LogP contribution in [-0.2, 0) is 28.6 Å². The predicted molar refractivity (Wildman–Crippen MR) is 339 cm³/mol. The molecule has 1 unspecified atom stereocenters. The molecule has 6 heteroatoms. The number of esters is 3. The monoisotopic (exact) mass is 1090 g/mol. The number of carbonyl (C=O) groups excluding carboxylic acids is 3. The third kappa shape index (κ3) is 63.9. The van der Waals surface area contributed by atoms with E-state index in [0.29, 0.717) is 19.3 Å². The van der Waals surface area contributed by atoms with Crippen molar-refractivity contribution in [1.29, 1.82) is 0 Å². The maximum atomic E-state index is 12.9. The Balaban J connectivity index is 4.35. The highest BCUT2D eigenvalue weighted by atomic mass is 16.6. The summed E-state index contributed by atoms with van der Waals surface area (Å²) in [6.07, 6.45) is 85.4. The van der Waals surface area contributed by atoms with Crippen molar-refractivity contribution in [2.75, 3.05) is 13.2 Å². The number of carbonyl (C=O) groups is 3. The topological polar surface area (TPSA) is 78.9 Å². The molecule has 0 saturated carbocycles. The van der Waals surface area contributed by atoms with E-state index < -0.39 is 6.10 Å². The first-order valence-corrected chi connectivity index (χ1v) is 34.3. The minimum atomic E-state index is -0.796. The van der Waals surface area contributed by atoms with E-state index in [1.165, 1.54) is 238 Å². The maximum Gasteiger partial charge on any atom is 0.306 e. The molecule has 6 nitrogen and oxygen atoms in total. The van der Waals surface area contributed by atoms with Crippen molar-refractivity contribution in [3.63, 3.8) is 0 Å². The van der Waals surface area contributed by atoms with Crippen molar-refractivity contribution < 1.29 is 28.6 Å². The normalized spacial score (nSPS) is 12.4. The average Bonchev–Trinajstić information content (AvgIpc) is 3.44. The number of hydrogen-bond donors (Lipinski definition) is 0. The smallest absolute Gasteiger partial charge is 0.306 e. The molecule has 0 aromatic rings. The summed E-state index contributed by atoms with van der Waals surface area (Å²) < 4.78 is 16.9. The summed E-state index contributed by atoms with van der Waals surface area (Å²) in [5.41, 5.74) is 0. The molecule has 0 amide bonds. The fraction of sp³-hybridized carbons (Fsp3) is 0.819. The molecule has 0 aliphatic carbocycles. The lowest BCUT2D eigenvalue weighted by Crippen LogP contribution is -2.30. The lowest BCUT2D eigenvalue weighted by atomic mass is 10.0. The number of rotatable bonds is 63. The van der Waals surface area contributed by atoms with E-state index in [-0.39, 0.29) is 37.5 Å². The Morgan fingerprint density at radius 3 is 0.782 bits per heavy atom. The molecule has 0 radical (unpaired) electrons. The number of allylic oxidation sites excluding steroid dienone is 10. The zero-order valence-corrected chi connectivity index (χ0v) is 52.2. The van der Waals surface area contributed by atoms with Crippen LogP contribution in [0.4, 0.5) is 0 Å². The molecule has 0 aromatic heterocycles. The van der Waals surface area contributed by atoms with Gasteiger partial charge in [-0.25, -0.2) is 0 Å². The first-order chi connectivity index (χ1) is 38.5. The second-order valence-electron chi connectivity index (χ2n) is 23.1. The third-order valence-electron chi connectivity index (χ3n) is 15.3. The Morgan fingerprint density at radius 1 is 0.269 bits per heavy atom. The highest BCUT2D eigenvalue weighted by Gasteiger charge is 2.19. The molecule has 0 spiro atoms. The number of unbranched alkanes of at least 4 members (excludes halogenated alkanes) is 42. The highest BCUT2D eigenvalue weighted by molar-refractivity contribution is 5.71. The van der Waals surface area contributed by atoms with Crippen molar-refractivity contribution in [3.05, 3.63) is 60.8 Å². The van der Waals surface area contributed by atoms with Gasteiger partial charge in [0.15, 0.2) is 6.10 Å². The molecule has 0 aliphatic rings. The van der Waals surface area contributed by atoms with Crippen LogP contribution < -0.4 is 0 Å². The van der Waals surface area contributed by atoms with Gasteiger partial charge in [0, 0.05) is 19.3 Å². The molecule has 0 aromatic carbocycles. The van der Waals surface area contributed by atoms with Gasteiger partial charge in [0.2, 0.25) is 0 Å². The van der Waals surface area contributed by atoms with Gasteiger partial charge >= 0.3 is 17.9 Å². The van der Waals surface area contributed by atoms with Gasteiger partial charge in [-0.15, -0.1) is 0 Å². The molecule has 0 N–H and O–H groups in total. The molecule has 0 heterocycles. The van der Waals surface area contributed by atoms with Crippen molar-refractivity contribution >= 4 is 17.9 Å². The summed E-state index contributed by atoms with van der Waals surface area (Å²) in [5.74, 6) is -0.923. The van der Waals surface area contributed by atoms with Gasteiger partial charge in [0.25, 0.3) is 0 Å². The van der Waals surface area contributed by atoms with E-state index in [4.69, 9.17) is 14.2 Å². The molecule has 0 fully saturated rings. The van der Waals surface area contributed by atoms with Gasteiger partial charge in [-0.2, -0.15) is 0 Å². The summed E-state index contributed by atoms with van der Waals surface area (Å²) in [4.78, 5) is 38.4. The van der Waals surface area contributed by atoms with Crippen molar-refractivity contribution in [2.45, 2.75) is 367 Å². The van der Waals surface area contributed by atoms with E-state index in [1.54, 1.807) is 0 Å². The van der Waals surface area contributed by atoms with Crippen LogP contribution in [0.3, 0.4) is 0 Å². The van der Waals surface area contributed by atoms with Gasteiger partial charge in [-0.1, -0.05) is 345 Å². The molecule has 454 valence electrons. The van der Waals surface area contributed by atoms with Crippen LogP contribution in [-0.4, -0.2) is 37.2 Å². The zero-order valence-electron chi connectivity index (χ0n) is 52.2. The Labute approximate surface area is 485 Å². The van der Waals surface area contributed by atoms with Crippen LogP contribution in [0.1, 0.15) is 361 Å². The molecule has 0 aliphatic heterocycles. The lowest BCUT2D eigenvalue weighted by Gasteiger charge is -2.18. The largest absolute Gasteiger partial charge is 0.462 e. The first kappa shape index (κ1) is 75.1. The van der Waals surface area contributed by atoms with Crippen LogP contribution in [0.2, 0.25) is 0 Å². The van der Waals surface area contributed by atoms with E-state index in [2.05, 4.69) is 81.5 Å². The van der Waals surface area contributed by atoms with Crippen LogP contribution >= 0.6 is 0 Å². The lowest BCUT2D eigenvalue weighted by molar-refractivity contribution is -0.167. The Morgan fingerprint density at radius 2 is 0.500 bits per heavy atom. The molecular weight excluding hydrogens is 961 g/mol. The molecular formula is C72H130O6. The van der Waals surface area contributed by atoms with E-state index in [0.717, 1.165) is 77.0 Å². The van der Waals surface area contributed by atoms with E-state index in [9.17, 15) is 14.4 Å². The summed E-state index contributed by atoms with van der Waals surface area (Å²) in [6.45, 7) is 6.55. The van der Waals surface area contributed by atoms with Crippen molar-refractivity contribution in [1.82, 2.24) is 0 Å². The number of hydrogen-bond acceptors (Lipinski definition) is 6. The summed E-state index contributed by atoms with van der Waals surface area (Å²) >= 11 is 0. The van der Waals surface area contributed by atoms with E-state index >= 15 is 0 Å². The zero-order chi connectivity index (χ0) is 56.4. The Kier molecular flexibility index (Phi) is 64.2. The molecule has 1 atom stereocenters. The van der Waals surface area contributed by atoms with Crippen LogP contribution in [0.15, 0.2) is 60.8 Å². The summed E-state index contributed by atoms with van der Waals surface area (Å²) in [7, 11) is 0. The van der Waals surface area contributed by atoms with Crippen LogP contribution in [0, 0.1) is 0 Å². The first-order valence-electron chi connectivity index (χ1n) is 34.3. The number of ether oxygens (including phenoxy) is 3. The summed E-state index contributed by atoms with van der Waals surface area (Å²) in [6, 6.07) is 0. The molecule has 0 saturated heterocycles. The minimum Gasteiger partial charge on any atom is -0.462 e. The maximum absolute atomic E-state index is 12.9. The van der Waals surface area contributed by atoms with Crippen LogP contribution in [0.5, 0.6) is 0 Å². The Bertz CT molecular complexity index is 1390. The van der Waals surface area contributed by atoms with E-state index in [1.807, 2.05) is 0 Å². The van der Waals surface area contributed by atoms with Gasteiger partial charge in [-0.05, 0) is 57.8 Å². The van der Waals surface area contributed by atoms with Gasteiger partial charge in [0.1, 0.15) is 13.2 Å². The van der Waals surface area contributed by atoms with Crippen molar-refractivity contribution in [3.8, 4) is 0 Å².